The van der Waals surface area contributed by atoms with Gasteiger partial charge >= 0.3 is 18.0 Å². The molecule has 2 rings (SSSR count). The van der Waals surface area contributed by atoms with E-state index in [-0.39, 0.29) is 49.3 Å². The lowest BCUT2D eigenvalue weighted by Crippen LogP contribution is -2.41. The smallest absolute Gasteiger partial charge is 0.410 e. The minimum absolute atomic E-state index is 0.0938. The van der Waals surface area contributed by atoms with Crippen molar-refractivity contribution in [3.8, 4) is 23.0 Å². The van der Waals surface area contributed by atoms with Gasteiger partial charge in [0.15, 0.2) is 23.0 Å². The van der Waals surface area contributed by atoms with Gasteiger partial charge in [-0.2, -0.15) is 0 Å². The summed E-state index contributed by atoms with van der Waals surface area (Å²) in [4.78, 5) is 57.8. The molecule has 17 nitrogen and oxygen atoms in total. The van der Waals surface area contributed by atoms with Crippen molar-refractivity contribution in [2.45, 2.75) is 26.4 Å². The fraction of sp³-hybridized carbons (Fsp3) is 0.400. The Morgan fingerprint density at radius 1 is 0.762 bits per heavy atom. The molecule has 0 spiro atoms. The number of carbonyl (C=O) groups is 3. The number of nitro benzene ring substituents is 2. The number of hydrogen-bond acceptors (Lipinski definition) is 12. The van der Waals surface area contributed by atoms with Crippen LogP contribution in [0.15, 0.2) is 24.3 Å². The highest BCUT2D eigenvalue weighted by Gasteiger charge is 2.27. The van der Waals surface area contributed by atoms with Crippen LogP contribution < -0.4 is 18.9 Å². The molecule has 0 radical (unpaired) electrons. The van der Waals surface area contributed by atoms with Crippen LogP contribution >= 0.6 is 0 Å². The number of carbonyl (C=O) groups excluding carboxylic acids is 1. The van der Waals surface area contributed by atoms with E-state index < -0.39 is 56.0 Å². The summed E-state index contributed by atoms with van der Waals surface area (Å²) in [6, 6.07) is 3.67. The first kappa shape index (κ1) is 32.9. The van der Waals surface area contributed by atoms with E-state index in [0.717, 1.165) is 24.3 Å². The van der Waals surface area contributed by atoms with Gasteiger partial charge in [-0.15, -0.1) is 0 Å². The first-order valence-corrected chi connectivity index (χ1v) is 12.0. The molecule has 0 heterocycles. The molecule has 42 heavy (non-hydrogen) atoms. The first-order valence-electron chi connectivity index (χ1n) is 12.0. The Morgan fingerprint density at radius 2 is 1.14 bits per heavy atom. The van der Waals surface area contributed by atoms with Gasteiger partial charge in [-0.05, 0) is 20.8 Å². The van der Waals surface area contributed by atoms with E-state index in [9.17, 15) is 44.8 Å². The molecule has 0 aromatic heterocycles. The van der Waals surface area contributed by atoms with Crippen molar-refractivity contribution in [3.63, 3.8) is 0 Å². The fourth-order valence-corrected chi connectivity index (χ4v) is 3.44. The zero-order chi connectivity index (χ0) is 31.8. The molecule has 0 saturated carbocycles. The summed E-state index contributed by atoms with van der Waals surface area (Å²) in [6.07, 6.45) is -0.784. The third-order valence-electron chi connectivity index (χ3n) is 5.31. The minimum Gasteiger partial charge on any atom is -0.493 e. The first-order chi connectivity index (χ1) is 19.6. The number of rotatable bonds is 14. The van der Waals surface area contributed by atoms with Crippen LogP contribution in [-0.2, 0) is 4.74 Å². The van der Waals surface area contributed by atoms with Gasteiger partial charge < -0.3 is 38.8 Å². The number of aromatic carboxylic acids is 2. The molecule has 17 heteroatoms. The maximum atomic E-state index is 12.8. The van der Waals surface area contributed by atoms with Gasteiger partial charge in [-0.1, -0.05) is 0 Å². The number of carboxylic acids is 2. The van der Waals surface area contributed by atoms with Crippen molar-refractivity contribution in [2.75, 3.05) is 40.5 Å². The molecule has 0 atom stereocenters. The van der Waals surface area contributed by atoms with Crippen molar-refractivity contribution in [1.82, 2.24) is 4.90 Å². The molecule has 2 aromatic carbocycles. The van der Waals surface area contributed by atoms with E-state index in [1.807, 2.05) is 0 Å². The Labute approximate surface area is 238 Å². The highest BCUT2D eigenvalue weighted by atomic mass is 16.6. The number of hydrogen-bond donors (Lipinski definition) is 2. The predicted octanol–water partition coefficient (Wildman–Crippen LogP) is 3.61. The topological polar surface area (TPSA) is 227 Å². The lowest BCUT2D eigenvalue weighted by molar-refractivity contribution is -0.385. The van der Waals surface area contributed by atoms with Crippen LogP contribution in [0.3, 0.4) is 0 Å². The molecular formula is C25H29N3O14. The van der Waals surface area contributed by atoms with Gasteiger partial charge in [0.05, 0.1) is 49.3 Å². The molecule has 0 aliphatic rings. The number of nitrogens with zero attached hydrogens (tertiary/aromatic N) is 3. The Morgan fingerprint density at radius 3 is 1.43 bits per heavy atom. The minimum atomic E-state index is -1.54. The van der Waals surface area contributed by atoms with Crippen LogP contribution in [0.1, 0.15) is 41.5 Å². The van der Waals surface area contributed by atoms with Crippen LogP contribution in [0.5, 0.6) is 23.0 Å². The van der Waals surface area contributed by atoms with Crippen molar-refractivity contribution < 1.29 is 58.1 Å². The van der Waals surface area contributed by atoms with Crippen molar-refractivity contribution in [2.24, 2.45) is 0 Å². The Balaban J connectivity index is 2.25. The van der Waals surface area contributed by atoms with Gasteiger partial charge in [-0.3, -0.25) is 20.2 Å². The highest BCUT2D eigenvalue weighted by molar-refractivity contribution is 5.94. The Bertz CT molecular complexity index is 1280. The van der Waals surface area contributed by atoms with Crippen molar-refractivity contribution in [1.29, 1.82) is 0 Å². The molecule has 0 unspecified atom stereocenters. The zero-order valence-corrected chi connectivity index (χ0v) is 23.3. The second-order valence-corrected chi connectivity index (χ2v) is 9.33. The van der Waals surface area contributed by atoms with E-state index in [0.29, 0.717) is 0 Å². The van der Waals surface area contributed by atoms with Crippen LogP contribution in [0.25, 0.3) is 0 Å². The maximum absolute atomic E-state index is 12.8. The summed E-state index contributed by atoms with van der Waals surface area (Å²) in [6.45, 7) is 4.12. The molecule has 0 saturated heterocycles. The average molecular weight is 596 g/mol. The summed E-state index contributed by atoms with van der Waals surface area (Å²) in [5.74, 6) is -3.56. The molecule has 2 N–H and O–H groups in total. The number of benzene rings is 2. The molecule has 0 bridgehead atoms. The summed E-state index contributed by atoms with van der Waals surface area (Å²) in [5.41, 5.74) is -3.56. The molecular weight excluding hydrogens is 566 g/mol. The van der Waals surface area contributed by atoms with E-state index in [1.54, 1.807) is 20.8 Å². The predicted molar refractivity (Wildman–Crippen MR) is 142 cm³/mol. The lowest BCUT2D eigenvalue weighted by atomic mass is 10.1. The van der Waals surface area contributed by atoms with Gasteiger partial charge in [-0.25, -0.2) is 14.4 Å². The van der Waals surface area contributed by atoms with Crippen molar-refractivity contribution in [3.05, 3.63) is 55.6 Å². The SMILES string of the molecule is COc1cc(C(=O)O)c([N+](=O)[O-])cc1OCCN(CCOc1cc([N+](=O)[O-])c(C(=O)O)cc1OC)C(=O)OC(C)(C)C. The van der Waals surface area contributed by atoms with E-state index in [4.69, 9.17) is 23.7 Å². The highest BCUT2D eigenvalue weighted by Crippen LogP contribution is 2.36. The number of methoxy groups -OCH3 is 2. The average Bonchev–Trinajstić information content (AvgIpc) is 2.89. The Kier molecular flexibility index (Phi) is 10.8. The van der Waals surface area contributed by atoms with Crippen LogP contribution in [0, 0.1) is 20.2 Å². The molecule has 1 amide bonds. The number of nitro groups is 2. The number of carboxylic acid groups (broad SMARTS) is 2. The fourth-order valence-electron chi connectivity index (χ4n) is 3.44. The van der Waals surface area contributed by atoms with Gasteiger partial charge in [0.25, 0.3) is 11.4 Å². The molecule has 2 aromatic rings. The summed E-state index contributed by atoms with van der Waals surface area (Å²) in [7, 11) is 2.43. The molecule has 0 aliphatic heterocycles. The zero-order valence-electron chi connectivity index (χ0n) is 23.3. The number of ether oxygens (including phenoxy) is 5. The quantitative estimate of drug-likeness (QED) is 0.235. The van der Waals surface area contributed by atoms with E-state index in [2.05, 4.69) is 0 Å². The van der Waals surface area contributed by atoms with Gasteiger partial charge in [0.2, 0.25) is 0 Å². The largest absolute Gasteiger partial charge is 0.493 e. The van der Waals surface area contributed by atoms with Crippen LogP contribution in [0.4, 0.5) is 16.2 Å². The third-order valence-corrected chi connectivity index (χ3v) is 5.31. The maximum Gasteiger partial charge on any atom is 0.410 e. The summed E-state index contributed by atoms with van der Waals surface area (Å²) < 4.78 is 26.7. The lowest BCUT2D eigenvalue weighted by Gasteiger charge is -2.27. The third kappa shape index (κ3) is 8.57. The van der Waals surface area contributed by atoms with Crippen LogP contribution in [-0.4, -0.2) is 89.1 Å². The number of amides is 1. The van der Waals surface area contributed by atoms with Crippen molar-refractivity contribution >= 4 is 29.4 Å². The van der Waals surface area contributed by atoms with Gasteiger partial charge in [0, 0.05) is 12.1 Å². The second kappa shape index (κ2) is 13.8. The normalized spacial score (nSPS) is 10.8. The molecule has 0 aliphatic carbocycles. The van der Waals surface area contributed by atoms with E-state index >= 15 is 0 Å². The van der Waals surface area contributed by atoms with Crippen LogP contribution in [0.2, 0.25) is 0 Å². The van der Waals surface area contributed by atoms with E-state index in [1.165, 1.54) is 19.1 Å². The van der Waals surface area contributed by atoms with Gasteiger partial charge in [0.1, 0.15) is 29.9 Å². The second-order valence-electron chi connectivity index (χ2n) is 9.33. The standard InChI is InChI=1S/C25H29N3O14/c1-25(2,3)42-24(33)26(6-8-40-20-12-16(27(34)35)14(22(29)30)10-18(20)38-4)7-9-41-21-13-17(28(36)37)15(23(31)32)11-19(21)39-5/h10-13H,6-9H2,1-5H3,(H,29,30)(H,31,32). The summed E-state index contributed by atoms with van der Waals surface area (Å²) >= 11 is 0. The summed E-state index contributed by atoms with van der Waals surface area (Å²) in [5, 5.41) is 41.3. The monoisotopic (exact) mass is 595 g/mol. The molecule has 228 valence electrons. The Hall–Kier alpha value is -5.35. The molecule has 0 fully saturated rings.